The first-order valence-corrected chi connectivity index (χ1v) is 7.84. The Morgan fingerprint density at radius 3 is 2.81 bits per heavy atom. The van der Waals surface area contributed by atoms with Gasteiger partial charge in [0.05, 0.1) is 12.6 Å². The summed E-state index contributed by atoms with van der Waals surface area (Å²) in [5, 5.41) is 3.95. The van der Waals surface area contributed by atoms with E-state index in [0.717, 1.165) is 28.9 Å². The lowest BCUT2D eigenvalue weighted by Crippen LogP contribution is -2.19. The van der Waals surface area contributed by atoms with E-state index in [0.29, 0.717) is 16.1 Å². The fourth-order valence-corrected chi connectivity index (χ4v) is 3.56. The third kappa shape index (κ3) is 2.80. The summed E-state index contributed by atoms with van der Waals surface area (Å²) in [5.41, 5.74) is 3.04. The van der Waals surface area contributed by atoms with E-state index in [1.54, 1.807) is 6.07 Å². The highest BCUT2D eigenvalue weighted by atomic mass is 79.9. The van der Waals surface area contributed by atoms with Crippen LogP contribution in [0.1, 0.15) is 22.7 Å². The van der Waals surface area contributed by atoms with E-state index in [1.165, 1.54) is 12.1 Å². The summed E-state index contributed by atoms with van der Waals surface area (Å²) in [6.07, 6.45) is 0.865. The van der Waals surface area contributed by atoms with Gasteiger partial charge in [0, 0.05) is 21.5 Å². The van der Waals surface area contributed by atoms with Crippen LogP contribution in [0.15, 0.2) is 34.8 Å². The molecule has 0 aromatic heterocycles. The van der Waals surface area contributed by atoms with Gasteiger partial charge in [-0.3, -0.25) is 0 Å². The first-order chi connectivity index (χ1) is 10.1. The molecule has 1 atom stereocenters. The molecule has 2 aromatic rings. The first-order valence-electron chi connectivity index (χ1n) is 6.67. The number of benzene rings is 2. The number of nitrogens with one attached hydrogen (secondary N) is 1. The Morgan fingerprint density at radius 2 is 2.10 bits per heavy atom. The maximum atomic E-state index is 13.3. The van der Waals surface area contributed by atoms with Crippen molar-refractivity contribution in [1.82, 2.24) is 5.32 Å². The average Bonchev–Trinajstić information content (AvgIpc) is 2.89. The largest absolute Gasteiger partial charge is 0.493 e. The number of ether oxygens (including phenoxy) is 1. The second kappa shape index (κ2) is 5.95. The van der Waals surface area contributed by atoms with Crippen molar-refractivity contribution in [2.24, 2.45) is 0 Å². The van der Waals surface area contributed by atoms with Gasteiger partial charge in [-0.2, -0.15) is 0 Å². The fourth-order valence-electron chi connectivity index (χ4n) is 2.73. The van der Waals surface area contributed by atoms with Crippen molar-refractivity contribution in [3.05, 3.63) is 62.3 Å². The summed E-state index contributed by atoms with van der Waals surface area (Å²) in [5.74, 6) is 0.614. The zero-order valence-electron chi connectivity index (χ0n) is 11.4. The molecule has 0 bridgehead atoms. The van der Waals surface area contributed by atoms with Gasteiger partial charge >= 0.3 is 0 Å². The van der Waals surface area contributed by atoms with Crippen molar-refractivity contribution in [3.8, 4) is 5.75 Å². The molecule has 3 rings (SSSR count). The quantitative estimate of drug-likeness (QED) is 0.860. The van der Waals surface area contributed by atoms with Crippen LogP contribution in [0, 0.1) is 5.82 Å². The second-order valence-electron chi connectivity index (χ2n) is 4.97. The molecular weight excluding hydrogens is 357 g/mol. The Bertz CT molecular complexity index is 692. The van der Waals surface area contributed by atoms with Gasteiger partial charge in [0.25, 0.3) is 0 Å². The summed E-state index contributed by atoms with van der Waals surface area (Å²) in [7, 11) is 1.86. The third-order valence-corrected chi connectivity index (χ3v) is 4.56. The van der Waals surface area contributed by atoms with Crippen molar-refractivity contribution in [3.63, 3.8) is 0 Å². The molecule has 21 heavy (non-hydrogen) atoms. The topological polar surface area (TPSA) is 21.3 Å². The fraction of sp³-hybridized carbons (Fsp3) is 0.250. The van der Waals surface area contributed by atoms with E-state index >= 15 is 0 Å². The van der Waals surface area contributed by atoms with Crippen LogP contribution >= 0.6 is 27.5 Å². The molecule has 110 valence electrons. The normalized spacial score (nSPS) is 14.7. The molecule has 0 saturated carbocycles. The van der Waals surface area contributed by atoms with Gasteiger partial charge in [-0.25, -0.2) is 4.39 Å². The van der Waals surface area contributed by atoms with Crippen LogP contribution in [0.4, 0.5) is 4.39 Å². The van der Waals surface area contributed by atoms with Gasteiger partial charge in [-0.15, -0.1) is 0 Å². The molecule has 5 heteroatoms. The highest BCUT2D eigenvalue weighted by molar-refractivity contribution is 9.10. The molecule has 1 aliphatic heterocycles. The minimum absolute atomic E-state index is 0.120. The van der Waals surface area contributed by atoms with Crippen molar-refractivity contribution >= 4 is 27.5 Å². The van der Waals surface area contributed by atoms with Crippen LogP contribution in [0.2, 0.25) is 5.02 Å². The Hall–Kier alpha value is -1.10. The Balaban J connectivity index is 2.13. The minimum atomic E-state index is -0.270. The predicted molar refractivity (Wildman–Crippen MR) is 85.7 cm³/mol. The van der Waals surface area contributed by atoms with E-state index in [9.17, 15) is 4.39 Å². The summed E-state index contributed by atoms with van der Waals surface area (Å²) in [6, 6.07) is 8.41. The van der Waals surface area contributed by atoms with E-state index in [-0.39, 0.29) is 11.9 Å². The Labute approximate surface area is 136 Å². The van der Waals surface area contributed by atoms with Crippen molar-refractivity contribution in [1.29, 1.82) is 0 Å². The summed E-state index contributed by atoms with van der Waals surface area (Å²) in [6.45, 7) is 0.670. The molecule has 0 radical (unpaired) electrons. The second-order valence-corrected chi connectivity index (χ2v) is 6.26. The smallest absolute Gasteiger partial charge is 0.127 e. The predicted octanol–water partition coefficient (Wildman–Crippen LogP) is 4.49. The van der Waals surface area contributed by atoms with Crippen LogP contribution in [0.3, 0.4) is 0 Å². The molecule has 1 heterocycles. The van der Waals surface area contributed by atoms with Crippen molar-refractivity contribution in [2.45, 2.75) is 12.5 Å². The molecule has 1 N–H and O–H groups in total. The first kappa shape index (κ1) is 14.8. The molecule has 0 spiro atoms. The molecule has 2 aromatic carbocycles. The zero-order valence-corrected chi connectivity index (χ0v) is 13.8. The minimum Gasteiger partial charge on any atom is -0.493 e. The van der Waals surface area contributed by atoms with Crippen LogP contribution in [0.5, 0.6) is 5.75 Å². The lowest BCUT2D eigenvalue weighted by Gasteiger charge is -2.21. The Kier molecular flexibility index (Phi) is 4.20. The van der Waals surface area contributed by atoms with Crippen molar-refractivity contribution < 1.29 is 9.13 Å². The SMILES string of the molecule is CNC(c1ccc(F)cc1Br)c1cc(Cl)cc2c1OCC2. The van der Waals surface area contributed by atoms with Crippen LogP contribution in [0.25, 0.3) is 0 Å². The van der Waals surface area contributed by atoms with Crippen LogP contribution in [-0.4, -0.2) is 13.7 Å². The number of fused-ring (bicyclic) bond motifs is 1. The average molecular weight is 371 g/mol. The monoisotopic (exact) mass is 369 g/mol. The van der Waals surface area contributed by atoms with Crippen LogP contribution < -0.4 is 10.1 Å². The highest BCUT2D eigenvalue weighted by Gasteiger charge is 2.25. The van der Waals surface area contributed by atoms with Gasteiger partial charge in [-0.05, 0) is 42.4 Å². The molecule has 0 aliphatic carbocycles. The number of rotatable bonds is 3. The number of hydrogen-bond donors (Lipinski definition) is 1. The lowest BCUT2D eigenvalue weighted by molar-refractivity contribution is 0.351. The summed E-state index contributed by atoms with van der Waals surface area (Å²) >= 11 is 9.66. The lowest BCUT2D eigenvalue weighted by atomic mass is 9.96. The summed E-state index contributed by atoms with van der Waals surface area (Å²) < 4.78 is 19.8. The van der Waals surface area contributed by atoms with E-state index in [4.69, 9.17) is 16.3 Å². The standard InChI is InChI=1S/C16H14BrClFNO/c1-20-15(12-3-2-11(19)8-14(12)17)13-7-10(18)6-9-4-5-21-16(9)13/h2-3,6-8,15,20H,4-5H2,1H3. The van der Waals surface area contributed by atoms with Crippen LogP contribution in [-0.2, 0) is 6.42 Å². The molecule has 0 amide bonds. The summed E-state index contributed by atoms with van der Waals surface area (Å²) in [4.78, 5) is 0. The van der Waals surface area contributed by atoms with Gasteiger partial charge in [0.15, 0.2) is 0 Å². The molecule has 0 saturated heterocycles. The van der Waals surface area contributed by atoms with Gasteiger partial charge in [-0.1, -0.05) is 33.6 Å². The van der Waals surface area contributed by atoms with E-state index < -0.39 is 0 Å². The van der Waals surface area contributed by atoms with Gasteiger partial charge < -0.3 is 10.1 Å². The molecule has 0 fully saturated rings. The number of hydrogen-bond acceptors (Lipinski definition) is 2. The number of halogens is 3. The molecule has 1 aliphatic rings. The Morgan fingerprint density at radius 1 is 1.29 bits per heavy atom. The van der Waals surface area contributed by atoms with Gasteiger partial charge in [0.1, 0.15) is 11.6 Å². The third-order valence-electron chi connectivity index (χ3n) is 3.65. The maximum Gasteiger partial charge on any atom is 0.127 e. The van der Waals surface area contributed by atoms with E-state index in [1.807, 2.05) is 19.2 Å². The highest BCUT2D eigenvalue weighted by Crippen LogP contribution is 2.40. The molecular formula is C16H14BrClFNO. The molecule has 2 nitrogen and oxygen atoms in total. The van der Waals surface area contributed by atoms with Gasteiger partial charge in [0.2, 0.25) is 0 Å². The van der Waals surface area contributed by atoms with E-state index in [2.05, 4.69) is 21.2 Å². The zero-order chi connectivity index (χ0) is 15.0. The van der Waals surface area contributed by atoms with Crippen molar-refractivity contribution in [2.75, 3.05) is 13.7 Å². The molecule has 1 unspecified atom stereocenters. The maximum absolute atomic E-state index is 13.3.